The van der Waals surface area contributed by atoms with E-state index in [0.717, 1.165) is 27.8 Å². The predicted molar refractivity (Wildman–Crippen MR) is 142 cm³/mol. The molecule has 0 aliphatic heterocycles. The van der Waals surface area contributed by atoms with Gasteiger partial charge in [-0.05, 0) is 0 Å². The van der Waals surface area contributed by atoms with Gasteiger partial charge in [0.2, 0.25) is 0 Å². The van der Waals surface area contributed by atoms with Crippen LogP contribution in [0.1, 0.15) is 63.8 Å². The van der Waals surface area contributed by atoms with Gasteiger partial charge in [-0.15, -0.1) is 0 Å². The Balaban J connectivity index is 2.55. The van der Waals surface area contributed by atoms with E-state index in [1.54, 1.807) is 0 Å². The summed E-state index contributed by atoms with van der Waals surface area (Å²) in [6.45, 7) is 21.2. The van der Waals surface area contributed by atoms with Crippen molar-refractivity contribution >= 4 is 17.7 Å². The first kappa shape index (κ1) is 24.6. The molecule has 32 heavy (non-hydrogen) atoms. The molecule has 0 fully saturated rings. The molecule has 2 aromatic carbocycles. The molecule has 2 N–H and O–H groups in total. The van der Waals surface area contributed by atoms with Gasteiger partial charge in [-0.1, -0.05) is 0 Å². The molecule has 0 saturated carbocycles. The molecule has 3 rings (SSSR count). The Morgan fingerprint density at radius 1 is 0.750 bits per heavy atom. The summed E-state index contributed by atoms with van der Waals surface area (Å²) >= 11 is 0. The van der Waals surface area contributed by atoms with E-state index < -0.39 is 12.7 Å². The molecule has 1 aliphatic carbocycles. The summed E-state index contributed by atoms with van der Waals surface area (Å²) < 4.78 is 0. The van der Waals surface area contributed by atoms with Crippen molar-refractivity contribution in [2.45, 2.75) is 71.9 Å². The van der Waals surface area contributed by atoms with Crippen molar-refractivity contribution in [2.24, 2.45) is 0 Å². The Labute approximate surface area is 194 Å². The zero-order chi connectivity index (χ0) is 24.1. The summed E-state index contributed by atoms with van der Waals surface area (Å²) in [5.41, 5.74) is 3.73. The van der Waals surface area contributed by atoms with Gasteiger partial charge in [0, 0.05) is 0 Å². The van der Waals surface area contributed by atoms with Gasteiger partial charge in [0.25, 0.3) is 0 Å². The molecule has 0 spiro atoms. The Morgan fingerprint density at radius 2 is 1.19 bits per heavy atom. The van der Waals surface area contributed by atoms with Crippen LogP contribution in [-0.2, 0) is 10.8 Å². The number of hydrogen-bond acceptors (Lipinski definition) is 2. The molecule has 1 unspecified atom stereocenters. The third-order valence-electron chi connectivity index (χ3n) is 6.49. The van der Waals surface area contributed by atoms with Crippen molar-refractivity contribution < 1.29 is 9.79 Å². The monoisotopic (exact) mass is 450 g/mol. The number of benzene rings is 2. The van der Waals surface area contributed by atoms with Gasteiger partial charge in [-0.25, -0.2) is 0 Å². The fourth-order valence-electron chi connectivity index (χ4n) is 4.75. The second kappa shape index (κ2) is 7.80. The van der Waals surface area contributed by atoms with E-state index in [1.807, 2.05) is 48.6 Å². The summed E-state index contributed by atoms with van der Waals surface area (Å²) in [5.74, 6) is 0. The molecule has 3 heteroatoms. The minimum absolute atomic E-state index is 0.266. The molecule has 0 saturated heterocycles. The van der Waals surface area contributed by atoms with Crippen molar-refractivity contribution in [3.05, 3.63) is 95.1 Å². The Kier molecular flexibility index (Phi) is 6.01. The van der Waals surface area contributed by atoms with Crippen LogP contribution in [0.25, 0.3) is 0 Å². The van der Waals surface area contributed by atoms with Crippen LogP contribution >= 0.6 is 7.06 Å². The average Bonchev–Trinajstić information content (AvgIpc) is 2.66. The van der Waals surface area contributed by atoms with Gasteiger partial charge in [0.15, 0.2) is 0 Å². The van der Waals surface area contributed by atoms with Crippen molar-refractivity contribution in [2.75, 3.05) is 0 Å². The molecule has 2 aromatic rings. The van der Waals surface area contributed by atoms with Gasteiger partial charge in [0.1, 0.15) is 0 Å². The van der Waals surface area contributed by atoms with Crippen LogP contribution in [-0.4, -0.2) is 15.4 Å². The van der Waals surface area contributed by atoms with E-state index in [9.17, 15) is 9.79 Å². The summed E-state index contributed by atoms with van der Waals surface area (Å²) in [6, 6.07) is 12.1. The summed E-state index contributed by atoms with van der Waals surface area (Å²) in [5, 5.41) is 1.27. The van der Waals surface area contributed by atoms with Gasteiger partial charge in [0.05, 0.1) is 0 Å². The number of aryl methyl sites for hydroxylation is 2. The number of allylic oxidation sites excluding steroid dienone is 5. The first-order chi connectivity index (χ1) is 14.6. The molecule has 0 amide bonds. The predicted octanol–water partition coefficient (Wildman–Crippen LogP) is 6.27. The summed E-state index contributed by atoms with van der Waals surface area (Å²) in [4.78, 5) is 26.0. The maximum atomic E-state index is 13.0. The van der Waals surface area contributed by atoms with Crippen LogP contribution in [0.3, 0.4) is 0 Å². The van der Waals surface area contributed by atoms with Gasteiger partial charge in [-0.3, -0.25) is 0 Å². The Morgan fingerprint density at radius 3 is 1.56 bits per heavy atom. The maximum absolute atomic E-state index is 13.0. The zero-order valence-electron chi connectivity index (χ0n) is 20.9. The first-order valence-electron chi connectivity index (χ1n) is 11.3. The van der Waals surface area contributed by atoms with Crippen molar-refractivity contribution in [3.8, 4) is 0 Å². The van der Waals surface area contributed by atoms with Gasteiger partial charge in [-0.2, -0.15) is 0 Å². The molecule has 0 aromatic heterocycles. The molecular weight excluding hydrogens is 411 g/mol. The van der Waals surface area contributed by atoms with Crippen molar-refractivity contribution in [1.82, 2.24) is 0 Å². The summed E-state index contributed by atoms with van der Waals surface area (Å²) in [7, 11) is -4.78. The Bertz CT molecular complexity index is 1050. The summed E-state index contributed by atoms with van der Waals surface area (Å²) in [6.07, 6.45) is 7.63. The van der Waals surface area contributed by atoms with Crippen LogP contribution in [0, 0.1) is 13.8 Å². The van der Waals surface area contributed by atoms with E-state index in [2.05, 4.69) is 74.1 Å². The molecule has 0 heterocycles. The van der Waals surface area contributed by atoms with Gasteiger partial charge >= 0.3 is 194 Å². The number of hydrogen-bond donors (Lipinski definition) is 2. The van der Waals surface area contributed by atoms with E-state index >= 15 is 0 Å². The third-order valence-corrected chi connectivity index (χ3v) is 10.7. The molecular formula is C29H39O2P. The Hall–Kier alpha value is -1.99. The molecule has 0 bridgehead atoms. The van der Waals surface area contributed by atoms with Crippen LogP contribution in [0.5, 0.6) is 0 Å². The van der Waals surface area contributed by atoms with Gasteiger partial charge < -0.3 is 0 Å². The van der Waals surface area contributed by atoms with Crippen LogP contribution in [0.2, 0.25) is 0 Å². The molecule has 1 aliphatic rings. The SMILES string of the molecule is C=C1C=CC=CC1P(O)(O)(c1ccc(C)cc1C(C)(C)C)c1ccc(C)cc1C(C)(C)C. The fourth-order valence-corrected chi connectivity index (χ4v) is 9.23. The first-order valence-corrected chi connectivity index (χ1v) is 13.6. The normalized spacial score (nSPS) is 18.5. The second-order valence-corrected chi connectivity index (χ2v) is 15.1. The fraction of sp³-hybridized carbons (Fsp3) is 0.379. The van der Waals surface area contributed by atoms with Crippen LogP contribution in [0.15, 0.2) is 72.9 Å². The zero-order valence-corrected chi connectivity index (χ0v) is 21.8. The quantitative estimate of drug-likeness (QED) is 0.541. The topological polar surface area (TPSA) is 40.5 Å². The van der Waals surface area contributed by atoms with Crippen LogP contribution in [0.4, 0.5) is 0 Å². The van der Waals surface area contributed by atoms with E-state index in [1.165, 1.54) is 0 Å². The molecule has 2 nitrogen and oxygen atoms in total. The molecule has 1 atom stereocenters. The average molecular weight is 451 g/mol. The second-order valence-electron chi connectivity index (χ2n) is 11.4. The minimum atomic E-state index is -4.78. The van der Waals surface area contributed by atoms with Crippen molar-refractivity contribution in [1.29, 1.82) is 0 Å². The van der Waals surface area contributed by atoms with Crippen molar-refractivity contribution in [3.63, 3.8) is 0 Å². The van der Waals surface area contributed by atoms with E-state index in [0.29, 0.717) is 10.6 Å². The van der Waals surface area contributed by atoms with E-state index in [4.69, 9.17) is 0 Å². The third kappa shape index (κ3) is 4.05. The molecule has 172 valence electrons. The standard InChI is InChI=1S/C29H39O2P/c1-20-14-16-26(23(18-20)28(4,5)6)32(30,31,25-13-11-10-12-22(25)3)27-17-15-21(2)19-24(27)29(7,8)9/h10-19,25,30-31H,3H2,1-2,4-9H3. The van der Waals surface area contributed by atoms with Crippen LogP contribution < -0.4 is 10.6 Å². The van der Waals surface area contributed by atoms with E-state index in [-0.39, 0.29) is 10.8 Å². The number of rotatable bonds is 3. The molecule has 0 radical (unpaired) electrons.